The van der Waals surface area contributed by atoms with Crippen LogP contribution in [0.4, 0.5) is 10.1 Å². The van der Waals surface area contributed by atoms with Gasteiger partial charge in [0.15, 0.2) is 0 Å². The molecule has 2 rings (SSSR count). The van der Waals surface area contributed by atoms with Crippen LogP contribution in [0.1, 0.15) is 11.1 Å². The number of rotatable bonds is 6. The molecule has 0 aliphatic carbocycles. The number of nitro benzene ring substituents is 1. The Balaban J connectivity index is 1.86. The fourth-order valence-electron chi connectivity index (χ4n) is 1.97. The van der Waals surface area contributed by atoms with E-state index in [2.05, 4.69) is 21.2 Å². The van der Waals surface area contributed by atoms with Crippen LogP contribution in [-0.4, -0.2) is 11.5 Å². The van der Waals surface area contributed by atoms with E-state index in [-0.39, 0.29) is 11.5 Å². The van der Waals surface area contributed by atoms with E-state index in [0.29, 0.717) is 24.0 Å². The molecule has 0 saturated carbocycles. The average molecular weight is 353 g/mol. The zero-order valence-corrected chi connectivity index (χ0v) is 12.8. The summed E-state index contributed by atoms with van der Waals surface area (Å²) in [6.45, 7) is 1.21. The number of halogens is 2. The van der Waals surface area contributed by atoms with Gasteiger partial charge in [0.2, 0.25) is 0 Å². The molecule has 2 aromatic carbocycles. The van der Waals surface area contributed by atoms with Crippen LogP contribution in [0, 0.1) is 15.9 Å². The van der Waals surface area contributed by atoms with Crippen molar-refractivity contribution in [3.8, 4) is 0 Å². The minimum Gasteiger partial charge on any atom is -0.312 e. The van der Waals surface area contributed by atoms with E-state index < -0.39 is 4.92 Å². The number of hydrogen-bond donors (Lipinski definition) is 1. The molecular weight excluding hydrogens is 339 g/mol. The normalized spacial score (nSPS) is 10.6. The summed E-state index contributed by atoms with van der Waals surface area (Å²) in [6, 6.07) is 11.5. The third-order valence-electron chi connectivity index (χ3n) is 3.02. The van der Waals surface area contributed by atoms with Gasteiger partial charge in [0, 0.05) is 12.6 Å². The molecule has 0 radical (unpaired) electrons. The Kier molecular flexibility index (Phi) is 5.41. The predicted octanol–water partition coefficient (Wildman–Crippen LogP) is 3.83. The molecule has 1 N–H and O–H groups in total. The SMILES string of the molecule is O=[N+]([O-])c1cc(CNCCc2cccc(F)c2)ccc1Br. The van der Waals surface area contributed by atoms with Crippen LogP contribution in [0.5, 0.6) is 0 Å². The maximum absolute atomic E-state index is 13.0. The van der Waals surface area contributed by atoms with Crippen LogP contribution >= 0.6 is 15.9 Å². The highest BCUT2D eigenvalue weighted by Crippen LogP contribution is 2.25. The molecule has 0 amide bonds. The van der Waals surface area contributed by atoms with Crippen LogP contribution in [-0.2, 0) is 13.0 Å². The van der Waals surface area contributed by atoms with Gasteiger partial charge in [-0.05, 0) is 58.2 Å². The van der Waals surface area contributed by atoms with Crippen LogP contribution < -0.4 is 5.32 Å². The van der Waals surface area contributed by atoms with Gasteiger partial charge in [0.25, 0.3) is 5.69 Å². The Hall–Kier alpha value is -1.79. The number of nitrogens with one attached hydrogen (secondary N) is 1. The van der Waals surface area contributed by atoms with Crippen molar-refractivity contribution in [1.82, 2.24) is 5.32 Å². The summed E-state index contributed by atoms with van der Waals surface area (Å²) in [6.07, 6.45) is 0.705. The molecule has 21 heavy (non-hydrogen) atoms. The summed E-state index contributed by atoms with van der Waals surface area (Å²) >= 11 is 3.15. The van der Waals surface area contributed by atoms with Crippen molar-refractivity contribution in [2.45, 2.75) is 13.0 Å². The van der Waals surface area contributed by atoms with Gasteiger partial charge < -0.3 is 5.32 Å². The fraction of sp³-hybridized carbons (Fsp3) is 0.200. The quantitative estimate of drug-likeness (QED) is 0.488. The van der Waals surface area contributed by atoms with Crippen molar-refractivity contribution in [3.05, 3.63) is 74.0 Å². The molecule has 0 aromatic heterocycles. The Morgan fingerprint density at radius 2 is 2.00 bits per heavy atom. The first-order chi connectivity index (χ1) is 10.1. The van der Waals surface area contributed by atoms with Crippen LogP contribution in [0.25, 0.3) is 0 Å². The van der Waals surface area contributed by atoms with E-state index in [9.17, 15) is 14.5 Å². The maximum Gasteiger partial charge on any atom is 0.283 e. The lowest BCUT2D eigenvalue weighted by atomic mass is 10.1. The van der Waals surface area contributed by atoms with Gasteiger partial charge in [-0.1, -0.05) is 18.2 Å². The third-order valence-corrected chi connectivity index (χ3v) is 3.69. The monoisotopic (exact) mass is 352 g/mol. The van der Waals surface area contributed by atoms with Crippen LogP contribution in [0.3, 0.4) is 0 Å². The van der Waals surface area contributed by atoms with Gasteiger partial charge in [0.1, 0.15) is 5.82 Å². The molecule has 0 heterocycles. The van der Waals surface area contributed by atoms with E-state index in [1.54, 1.807) is 18.2 Å². The molecular formula is C15H14BrFN2O2. The number of nitro groups is 1. The first-order valence-corrected chi connectivity index (χ1v) is 7.23. The van der Waals surface area contributed by atoms with Crippen molar-refractivity contribution >= 4 is 21.6 Å². The molecule has 2 aromatic rings. The second kappa shape index (κ2) is 7.28. The lowest BCUT2D eigenvalue weighted by Crippen LogP contribution is -2.16. The molecule has 110 valence electrons. The number of benzene rings is 2. The van der Waals surface area contributed by atoms with E-state index in [1.165, 1.54) is 12.1 Å². The molecule has 0 fully saturated rings. The maximum atomic E-state index is 13.0. The Morgan fingerprint density at radius 1 is 1.19 bits per heavy atom. The van der Waals surface area contributed by atoms with E-state index in [1.807, 2.05) is 12.1 Å². The molecule has 0 saturated heterocycles. The van der Waals surface area contributed by atoms with Gasteiger partial charge in [-0.2, -0.15) is 0 Å². The van der Waals surface area contributed by atoms with E-state index in [4.69, 9.17) is 0 Å². The summed E-state index contributed by atoms with van der Waals surface area (Å²) in [7, 11) is 0. The highest BCUT2D eigenvalue weighted by Gasteiger charge is 2.11. The smallest absolute Gasteiger partial charge is 0.283 e. The van der Waals surface area contributed by atoms with Crippen molar-refractivity contribution in [2.24, 2.45) is 0 Å². The van der Waals surface area contributed by atoms with Gasteiger partial charge in [0.05, 0.1) is 9.40 Å². The highest BCUT2D eigenvalue weighted by molar-refractivity contribution is 9.10. The lowest BCUT2D eigenvalue weighted by molar-refractivity contribution is -0.385. The first kappa shape index (κ1) is 15.6. The summed E-state index contributed by atoms with van der Waals surface area (Å²) < 4.78 is 13.5. The summed E-state index contributed by atoms with van der Waals surface area (Å²) in [4.78, 5) is 10.4. The van der Waals surface area contributed by atoms with Gasteiger partial charge in [-0.25, -0.2) is 4.39 Å². The molecule has 4 nitrogen and oxygen atoms in total. The second-order valence-corrected chi connectivity index (χ2v) is 5.45. The van der Waals surface area contributed by atoms with Crippen molar-refractivity contribution < 1.29 is 9.31 Å². The number of nitrogens with zero attached hydrogens (tertiary/aromatic N) is 1. The topological polar surface area (TPSA) is 55.2 Å². The Bertz CT molecular complexity index is 649. The van der Waals surface area contributed by atoms with Crippen molar-refractivity contribution in [1.29, 1.82) is 0 Å². The minimum atomic E-state index is -0.416. The highest BCUT2D eigenvalue weighted by atomic mass is 79.9. The Labute approximate surface area is 130 Å². The first-order valence-electron chi connectivity index (χ1n) is 6.44. The summed E-state index contributed by atoms with van der Waals surface area (Å²) in [5.41, 5.74) is 1.81. The van der Waals surface area contributed by atoms with E-state index >= 15 is 0 Å². The molecule has 0 atom stereocenters. The fourth-order valence-corrected chi connectivity index (χ4v) is 2.36. The molecule has 0 aliphatic heterocycles. The average Bonchev–Trinajstić information content (AvgIpc) is 2.45. The number of hydrogen-bond acceptors (Lipinski definition) is 3. The molecule has 0 aliphatic rings. The molecule has 0 bridgehead atoms. The van der Waals surface area contributed by atoms with Gasteiger partial charge in [-0.15, -0.1) is 0 Å². The zero-order valence-electron chi connectivity index (χ0n) is 11.2. The summed E-state index contributed by atoms with van der Waals surface area (Å²) in [5.74, 6) is -0.240. The molecule has 0 unspecified atom stereocenters. The minimum absolute atomic E-state index is 0.0550. The van der Waals surface area contributed by atoms with Crippen LogP contribution in [0.15, 0.2) is 46.9 Å². The van der Waals surface area contributed by atoms with Gasteiger partial charge in [-0.3, -0.25) is 10.1 Å². The van der Waals surface area contributed by atoms with Crippen molar-refractivity contribution in [3.63, 3.8) is 0 Å². The zero-order chi connectivity index (χ0) is 15.2. The van der Waals surface area contributed by atoms with Crippen molar-refractivity contribution in [2.75, 3.05) is 6.54 Å². The largest absolute Gasteiger partial charge is 0.312 e. The van der Waals surface area contributed by atoms with Crippen LogP contribution in [0.2, 0.25) is 0 Å². The third kappa shape index (κ3) is 4.61. The molecule has 0 spiro atoms. The van der Waals surface area contributed by atoms with Gasteiger partial charge >= 0.3 is 0 Å². The summed E-state index contributed by atoms with van der Waals surface area (Å²) in [5, 5.41) is 14.0. The standard InChI is InChI=1S/C15H14BrFN2O2/c16-14-5-4-12(9-15(14)19(20)21)10-18-7-6-11-2-1-3-13(17)8-11/h1-5,8-9,18H,6-7,10H2. The lowest BCUT2D eigenvalue weighted by Gasteiger charge is -2.06. The Morgan fingerprint density at radius 3 is 2.71 bits per heavy atom. The predicted molar refractivity (Wildman–Crippen MR) is 82.6 cm³/mol. The second-order valence-electron chi connectivity index (χ2n) is 4.60. The van der Waals surface area contributed by atoms with E-state index in [0.717, 1.165) is 11.1 Å². The molecule has 6 heteroatoms.